The summed E-state index contributed by atoms with van der Waals surface area (Å²) in [6, 6.07) is 84.6. The third-order valence-electron chi connectivity index (χ3n) is 21.9. The number of nitrogen functional groups attached to an aromatic ring is 2. The molecule has 148 heavy (non-hydrogen) atoms. The van der Waals surface area contributed by atoms with E-state index >= 15 is 0 Å². The zero-order chi connectivity index (χ0) is 106. The lowest BCUT2D eigenvalue weighted by molar-refractivity contribution is -0.384. The summed E-state index contributed by atoms with van der Waals surface area (Å²) in [4.78, 5) is 34.5. The average Bonchev–Trinajstić information content (AvgIpc) is 1.58. The molecule has 8 heterocycles. The van der Waals surface area contributed by atoms with Crippen molar-refractivity contribution in [2.45, 2.75) is 46.8 Å². The molecule has 0 aliphatic heterocycles. The molecule has 0 aliphatic rings. The standard InChI is InChI=1S/C22H16FN3.C15H12FIN2O2S.C13H9FIN3O2S.C13H8FN3O4S.C13H10FN3O2S.C9H8.C7H4FN3O2.C7H5N3O2.O2S/c1-14-7-5-6-10-16(14)19-13-17-18(24-19)11-12-20-21(17)22(23)25-26(20)15-8-3-2-4-9-15;1-2-10-8-9-12-13(14(10)17)15(16)18-19(12)22(20,21)11-6-4-3-5-7-11;14-13-11-10(7-6-9(16)12(11)15)18(17-13)21(19,20)8-4-2-1-3-5-8;14-13-11-8-9(17(18)19)6-7-12(11)16(15-13)22(20,21)10-4-2-1-3-5-10;14-13-11-8-9(15)6-7-12(11)17(16-13)20(18,19)10-4-2-1-3-5-10;1-3-9-7-5-4-6-8(9)2;8-7-5-3-4(11(12)13)1-2-6(5)9-10-7;11-10(12)6-1-2-7-5(3-6)4-8-9-7;1-3-2/h2-13,25H,1H3;3-9H,2H2,1H3;1-7H,16H2;1-8H;1-8H,15H2;1,4-7H,2H3;1-3H,(H,9,10);1-4H,(H,8,9);. The molecule has 0 amide bonds. The smallest absolute Gasteiger partial charge is 0.335 e. The predicted octanol–water partition coefficient (Wildman–Crippen LogP) is 20.5. The summed E-state index contributed by atoms with van der Waals surface area (Å²) in [7, 11) is -15.9. The molecule has 36 nitrogen and oxygen atoms in total. The molecule has 0 saturated heterocycles. The third-order valence-corrected chi connectivity index (χ3v) is 30.7. The van der Waals surface area contributed by atoms with Crippen LogP contribution in [0, 0.1) is 99.4 Å². The van der Waals surface area contributed by atoms with Crippen LogP contribution in [0.4, 0.5) is 54.8 Å². The molecule has 7 N–H and O–H groups in total. The van der Waals surface area contributed by atoms with Gasteiger partial charge in [0.15, 0.2) is 0 Å². The molecule has 750 valence electrons. The Morgan fingerprint density at radius 2 is 0.838 bits per heavy atom. The minimum absolute atomic E-state index is 0.0428. The lowest BCUT2D eigenvalue weighted by atomic mass is 10.1. The first-order valence-corrected chi connectivity index (χ1v) is 51.4. The van der Waals surface area contributed by atoms with Gasteiger partial charge in [-0.2, -0.15) is 95.0 Å². The first kappa shape index (κ1) is 107. The normalized spacial score (nSPS) is 11.2. The number of hydrogen-bond acceptors (Lipinski definition) is 25. The second-order valence-corrected chi connectivity index (χ2v) is 40.4. The van der Waals surface area contributed by atoms with Crippen molar-refractivity contribution in [1.82, 2.24) is 71.9 Å². The summed E-state index contributed by atoms with van der Waals surface area (Å²) < 4.78 is 206. The summed E-state index contributed by atoms with van der Waals surface area (Å²) in [6.07, 6.45) is 7.50. The van der Waals surface area contributed by atoms with E-state index in [0.717, 1.165) is 95.7 Å². The summed E-state index contributed by atoms with van der Waals surface area (Å²) in [6.45, 7) is 6.03. The zero-order valence-electron chi connectivity index (χ0n) is 76.3. The van der Waals surface area contributed by atoms with E-state index in [4.69, 9.17) is 31.3 Å². The molecular weight excluding hydrogens is 2250 g/mol. The van der Waals surface area contributed by atoms with Gasteiger partial charge in [-0.1, -0.05) is 152 Å². The number of terminal acetylenes is 1. The monoisotopic (exact) mass is 2320 g/mol. The maximum absolute atomic E-state index is 14.8. The highest BCUT2D eigenvalue weighted by molar-refractivity contribution is 14.1. The number of nitro groups is 3. The molecular formula is C99H72F6I2N20O16S5. The molecule has 0 fully saturated rings. The number of aromatic nitrogens is 15. The molecule has 0 saturated carbocycles. The minimum atomic E-state index is -4.08. The molecule has 0 spiro atoms. The number of para-hydroxylation sites is 1. The number of halogens is 8. The van der Waals surface area contributed by atoms with Crippen molar-refractivity contribution < 1.29 is 83.2 Å². The number of aromatic amines is 3. The van der Waals surface area contributed by atoms with Crippen molar-refractivity contribution in [2.75, 3.05) is 11.5 Å². The van der Waals surface area contributed by atoms with Crippen molar-refractivity contribution in [3.05, 3.63) is 417 Å². The molecule has 0 aliphatic carbocycles. The highest BCUT2D eigenvalue weighted by Crippen LogP contribution is 2.38. The van der Waals surface area contributed by atoms with Gasteiger partial charge in [-0.15, -0.1) is 26.8 Å². The van der Waals surface area contributed by atoms with Crippen LogP contribution in [0.1, 0.15) is 29.2 Å². The van der Waals surface area contributed by atoms with Gasteiger partial charge in [-0.25, -0.2) is 4.98 Å². The number of rotatable bonds is 14. The van der Waals surface area contributed by atoms with Crippen molar-refractivity contribution in [2.24, 2.45) is 0 Å². The van der Waals surface area contributed by atoms with Gasteiger partial charge in [0.05, 0.1) is 132 Å². The van der Waals surface area contributed by atoms with Crippen LogP contribution >= 0.6 is 45.2 Å². The first-order valence-electron chi connectivity index (χ1n) is 42.8. The molecule has 49 heteroatoms. The van der Waals surface area contributed by atoms with E-state index in [1.807, 2.05) is 156 Å². The Hall–Kier alpha value is -17.1. The van der Waals surface area contributed by atoms with Gasteiger partial charge >= 0.3 is 11.6 Å². The highest BCUT2D eigenvalue weighted by Gasteiger charge is 2.30. The fourth-order valence-corrected chi connectivity index (χ4v) is 21.6. The lowest BCUT2D eigenvalue weighted by Gasteiger charge is -2.06. The van der Waals surface area contributed by atoms with Crippen LogP contribution in [-0.2, 0) is 58.1 Å². The number of fused-ring (bicyclic) bond motifs is 9. The Morgan fingerprint density at radius 3 is 1.33 bits per heavy atom. The SMILES string of the molecule is C#Cc1ccccc1C.CCc1ccc2c(c(F)nn2S(=O)(=O)c2ccccc2)c1I.Cc1ccccc1-c1cc2c(ccc3c2c(F)[nH]n3-c2ccccc2)n1.Nc1ccc2c(c(F)nn2S(=O)(=O)c2ccccc2)c1I.Nc1ccc2c(c1)c(F)nn2S(=O)(=O)c1ccccc1.O=S=O.O=[N+]([O-])c1ccc2[nH]ncc2c1.O=[N+]([O-])c1ccc2c(c1)c(F)nn2S(=O)(=O)c1ccccc1.O=[N+]([O-])c1ccc2n[nH]c(F)c2c1. The van der Waals surface area contributed by atoms with Crippen LogP contribution in [0.2, 0.25) is 0 Å². The number of nitrogens with two attached hydrogens (primary N) is 2. The van der Waals surface area contributed by atoms with Gasteiger partial charge in [0.1, 0.15) is 0 Å². The second-order valence-electron chi connectivity index (χ2n) is 31.1. The van der Waals surface area contributed by atoms with Crippen molar-refractivity contribution >= 4 is 213 Å². The quantitative estimate of drug-likeness (QED) is 0.0169. The number of nitrogens with one attached hydrogen (secondary N) is 3. The molecule has 22 aromatic rings. The Kier molecular flexibility index (Phi) is 33.1. The Bertz CT molecular complexity index is 9400. The van der Waals surface area contributed by atoms with Crippen molar-refractivity contribution in [3.8, 4) is 29.3 Å². The van der Waals surface area contributed by atoms with Gasteiger partial charge in [0.25, 0.3) is 57.2 Å². The number of nitrogens with zero attached hydrogens (tertiary/aromatic N) is 15. The average molecular weight is 2330 g/mol. The maximum Gasteiger partial charge on any atom is 0.335 e. The summed E-state index contributed by atoms with van der Waals surface area (Å²) in [5.74, 6) is -1.99. The maximum atomic E-state index is 14.8. The second kappa shape index (κ2) is 45.9. The fourth-order valence-electron chi connectivity index (χ4n) is 14.7. The van der Waals surface area contributed by atoms with Gasteiger partial charge in [-0.3, -0.25) is 50.3 Å². The van der Waals surface area contributed by atoms with Crippen LogP contribution in [0.25, 0.3) is 104 Å². The van der Waals surface area contributed by atoms with Gasteiger partial charge < -0.3 is 11.5 Å². The molecule has 0 bridgehead atoms. The van der Waals surface area contributed by atoms with E-state index in [2.05, 4.69) is 64.8 Å². The third kappa shape index (κ3) is 23.0. The first-order chi connectivity index (χ1) is 70.7. The summed E-state index contributed by atoms with van der Waals surface area (Å²) >= 11 is 3.15. The number of H-pyrrole nitrogens is 3. The number of benzene rings is 14. The van der Waals surface area contributed by atoms with Crippen LogP contribution in [0.3, 0.4) is 0 Å². The number of hydrogen-bond donors (Lipinski definition) is 5. The number of nitro benzene ring substituents is 3. The van der Waals surface area contributed by atoms with E-state index in [1.54, 1.807) is 83.7 Å². The van der Waals surface area contributed by atoms with E-state index < -0.39 is 96.2 Å². The van der Waals surface area contributed by atoms with E-state index in [-0.39, 0.29) is 91.6 Å². The zero-order valence-corrected chi connectivity index (χ0v) is 84.7. The lowest BCUT2D eigenvalue weighted by Crippen LogP contribution is -2.14. The largest absolute Gasteiger partial charge is 0.399 e. The Labute approximate surface area is 865 Å². The van der Waals surface area contributed by atoms with Gasteiger partial charge in [-0.05, 0) is 222 Å². The molecule has 0 unspecified atom stereocenters. The Balaban J connectivity index is 0.000000135. The van der Waals surface area contributed by atoms with E-state index in [1.165, 1.54) is 121 Å². The van der Waals surface area contributed by atoms with Crippen LogP contribution in [-0.4, -0.2) is 129 Å². The summed E-state index contributed by atoms with van der Waals surface area (Å²) in [5.41, 5.74) is 22.0. The highest BCUT2D eigenvalue weighted by atomic mass is 127. The van der Waals surface area contributed by atoms with Gasteiger partial charge in [0.2, 0.25) is 35.7 Å². The van der Waals surface area contributed by atoms with E-state index in [9.17, 15) is 90.4 Å². The predicted molar refractivity (Wildman–Crippen MR) is 562 cm³/mol. The molecule has 14 aromatic carbocycles. The number of non-ortho nitro benzene ring substituents is 3. The van der Waals surface area contributed by atoms with E-state index in [0.29, 0.717) is 41.7 Å². The Morgan fingerprint density at radius 1 is 0.426 bits per heavy atom. The molecule has 22 rings (SSSR count). The van der Waals surface area contributed by atoms with Gasteiger partial charge in [0, 0.05) is 73.2 Å². The van der Waals surface area contributed by atoms with Crippen molar-refractivity contribution in [1.29, 1.82) is 0 Å². The van der Waals surface area contributed by atoms with Crippen LogP contribution < -0.4 is 11.5 Å². The molecule has 0 atom stereocenters. The number of aryl methyl sites for hydroxylation is 3. The number of anilines is 2. The summed E-state index contributed by atoms with van der Waals surface area (Å²) in [5, 5.41) is 62.9. The topological polar surface area (TPSA) is 514 Å². The molecule has 8 aromatic heterocycles. The molecule has 0 radical (unpaired) electrons. The fraction of sp³-hybridized carbons (Fsp3) is 0.0404. The van der Waals surface area contributed by atoms with Crippen molar-refractivity contribution in [3.63, 3.8) is 0 Å². The minimum Gasteiger partial charge on any atom is -0.399 e. The van der Waals surface area contributed by atoms with Crippen LogP contribution in [0.15, 0.2) is 341 Å². The van der Waals surface area contributed by atoms with Crippen LogP contribution in [0.5, 0.6) is 0 Å².